The number of nitrogens with one attached hydrogen (secondary N) is 7. The van der Waals surface area contributed by atoms with Crippen LogP contribution in [0.4, 0.5) is 5.69 Å². The maximum Gasteiger partial charge on any atom is 0.307 e. The highest BCUT2D eigenvalue weighted by Crippen LogP contribution is 2.35. The summed E-state index contributed by atoms with van der Waals surface area (Å²) in [6.07, 6.45) is -0.273. The molecule has 13 nitrogen and oxygen atoms in total. The van der Waals surface area contributed by atoms with Crippen LogP contribution in [0, 0.1) is 0 Å². The van der Waals surface area contributed by atoms with Gasteiger partial charge in [0.2, 0.25) is 0 Å². The van der Waals surface area contributed by atoms with Crippen molar-refractivity contribution in [3.8, 4) is 11.5 Å². The Kier molecular flexibility index (Phi) is 11.4. The first-order chi connectivity index (χ1) is 20.2. The van der Waals surface area contributed by atoms with E-state index in [9.17, 15) is 20.1 Å². The second-order valence-corrected chi connectivity index (χ2v) is 11.6. The van der Waals surface area contributed by atoms with E-state index in [-0.39, 0.29) is 17.9 Å². The van der Waals surface area contributed by atoms with E-state index in [2.05, 4.69) is 37.2 Å². The van der Waals surface area contributed by atoms with Crippen LogP contribution in [0.15, 0.2) is 36.4 Å². The van der Waals surface area contributed by atoms with E-state index in [0.717, 1.165) is 31.7 Å². The Bertz CT molecular complexity index is 1150. The van der Waals surface area contributed by atoms with Crippen LogP contribution < -0.4 is 48.7 Å². The lowest BCUT2D eigenvalue weighted by molar-refractivity contribution is -0.136. The van der Waals surface area contributed by atoms with Gasteiger partial charge in [0.1, 0.15) is 0 Å². The average molecular weight is 586 g/mol. The lowest BCUT2D eigenvalue weighted by Gasteiger charge is -2.39. The van der Waals surface area contributed by atoms with Gasteiger partial charge in [0, 0.05) is 95.8 Å². The minimum Gasteiger partial charge on any atom is -0.504 e. The fourth-order valence-electron chi connectivity index (χ4n) is 5.49. The molecule has 3 fully saturated rings. The number of carbonyl (C=O) groups is 1. The molecule has 0 saturated carbocycles. The quantitative estimate of drug-likeness (QED) is 0.133. The second kappa shape index (κ2) is 14.9. The molecular weight excluding hydrogens is 538 g/mol. The van der Waals surface area contributed by atoms with Crippen LogP contribution in [0.5, 0.6) is 11.5 Å². The van der Waals surface area contributed by atoms with Crippen molar-refractivity contribution in [2.75, 3.05) is 77.7 Å². The predicted octanol–water partition coefficient (Wildman–Crippen LogP) is -1.86. The summed E-state index contributed by atoms with van der Waals surface area (Å²) in [7, 11) is 0. The van der Waals surface area contributed by atoms with Crippen molar-refractivity contribution in [1.29, 1.82) is 0 Å². The SMILES string of the molecule is Nc1ccc(CNC23CNCCNCC(N)(CNCCNC2)CNCC(c2cc(CC(=O)O)cc(O)c2O)NC3)cc1. The van der Waals surface area contributed by atoms with Gasteiger partial charge in [-0.15, -0.1) is 0 Å². The molecule has 2 aromatic rings. The van der Waals surface area contributed by atoms with Crippen LogP contribution in [0.2, 0.25) is 0 Å². The van der Waals surface area contributed by atoms with E-state index >= 15 is 0 Å². The van der Waals surface area contributed by atoms with Crippen LogP contribution in [0.3, 0.4) is 0 Å². The number of benzene rings is 2. The van der Waals surface area contributed by atoms with Crippen molar-refractivity contribution in [3.05, 3.63) is 53.1 Å². The minimum absolute atomic E-state index is 0.273. The standard InChI is InChI=1S/C29H47N9O4/c30-22-3-1-20(2-4-22)12-38-29-17-34-7-5-32-14-28(31,15-33-6-8-35-18-29)16-36-13-24(37-19-29)23-9-21(11-26(40)41)10-25(39)27(23)42/h1-4,9-10,24,32-39,42H,5-8,11-19,30-31H2,(H,40,41). The normalized spacial score (nSPS) is 26.7. The van der Waals surface area contributed by atoms with Crippen molar-refractivity contribution < 1.29 is 20.1 Å². The number of nitrogens with two attached hydrogens (primary N) is 2. The molecule has 14 N–H and O–H groups in total. The molecule has 42 heavy (non-hydrogen) atoms. The van der Waals surface area contributed by atoms with E-state index in [4.69, 9.17) is 11.5 Å². The molecule has 3 aliphatic heterocycles. The number of nitrogen functional groups attached to an aromatic ring is 1. The number of phenolic OH excluding ortho intramolecular Hbond substituents is 2. The van der Waals surface area contributed by atoms with Gasteiger partial charge in [0.25, 0.3) is 0 Å². The van der Waals surface area contributed by atoms with Crippen LogP contribution >= 0.6 is 0 Å². The molecule has 3 aliphatic rings. The first-order valence-corrected chi connectivity index (χ1v) is 14.6. The predicted molar refractivity (Wildman–Crippen MR) is 164 cm³/mol. The van der Waals surface area contributed by atoms with Crippen molar-refractivity contribution in [2.45, 2.75) is 30.1 Å². The molecule has 0 aromatic heterocycles. The Morgan fingerprint density at radius 3 is 2.07 bits per heavy atom. The fraction of sp³-hybridized carbons (Fsp3) is 0.552. The third kappa shape index (κ3) is 9.24. The van der Waals surface area contributed by atoms with Gasteiger partial charge in [-0.05, 0) is 35.4 Å². The molecule has 2 bridgehead atoms. The Labute approximate surface area is 247 Å². The topological polar surface area (TPSA) is 214 Å². The summed E-state index contributed by atoms with van der Waals surface area (Å²) < 4.78 is 0. The zero-order chi connectivity index (χ0) is 30.0. The minimum atomic E-state index is -1.02. The zero-order valence-electron chi connectivity index (χ0n) is 24.1. The largest absolute Gasteiger partial charge is 0.504 e. The van der Waals surface area contributed by atoms with Gasteiger partial charge in [-0.2, -0.15) is 0 Å². The number of carboxylic acid groups (broad SMARTS) is 1. The Morgan fingerprint density at radius 1 is 0.857 bits per heavy atom. The number of anilines is 1. The van der Waals surface area contributed by atoms with Crippen LogP contribution in [0.25, 0.3) is 0 Å². The van der Waals surface area contributed by atoms with Crippen LogP contribution in [-0.4, -0.2) is 104 Å². The third-order valence-electron chi connectivity index (χ3n) is 7.91. The molecule has 1 atom stereocenters. The number of aromatic hydroxyl groups is 2. The van der Waals surface area contributed by atoms with Crippen molar-refractivity contribution in [3.63, 3.8) is 0 Å². The van der Waals surface area contributed by atoms with Crippen molar-refractivity contribution in [1.82, 2.24) is 37.2 Å². The summed E-state index contributed by atoms with van der Waals surface area (Å²) in [4.78, 5) is 11.4. The van der Waals surface area contributed by atoms with Crippen LogP contribution in [0.1, 0.15) is 22.7 Å². The third-order valence-corrected chi connectivity index (χ3v) is 7.91. The highest BCUT2D eigenvalue weighted by molar-refractivity contribution is 5.71. The van der Waals surface area contributed by atoms with Gasteiger partial charge < -0.3 is 64.0 Å². The summed E-state index contributed by atoms with van der Waals surface area (Å²) in [5.41, 5.74) is 14.3. The number of phenols is 2. The monoisotopic (exact) mass is 585 g/mol. The average Bonchev–Trinajstić information content (AvgIpc) is 2.95. The van der Waals surface area contributed by atoms with Crippen LogP contribution in [-0.2, 0) is 17.8 Å². The summed E-state index contributed by atoms with van der Waals surface area (Å²) >= 11 is 0. The molecular formula is C29H47N9O4. The maximum atomic E-state index is 11.4. The summed E-state index contributed by atoms with van der Waals surface area (Å²) in [5.74, 6) is -1.64. The number of rotatable bonds is 6. The molecule has 3 heterocycles. The number of hydrogen-bond donors (Lipinski definition) is 12. The Morgan fingerprint density at radius 2 is 1.45 bits per heavy atom. The van der Waals surface area contributed by atoms with E-state index < -0.39 is 23.1 Å². The van der Waals surface area contributed by atoms with Gasteiger partial charge in [-0.25, -0.2) is 0 Å². The highest BCUT2D eigenvalue weighted by Gasteiger charge is 2.32. The maximum absolute atomic E-state index is 11.4. The van der Waals surface area contributed by atoms with Gasteiger partial charge in [-0.1, -0.05) is 12.1 Å². The molecule has 0 amide bonds. The Hall–Kier alpha value is -3.01. The lowest BCUT2D eigenvalue weighted by atomic mass is 9.94. The molecule has 13 heteroatoms. The number of hydrogen-bond acceptors (Lipinski definition) is 12. The Balaban J connectivity index is 1.68. The zero-order valence-corrected chi connectivity index (χ0v) is 24.1. The molecule has 2 aromatic carbocycles. The second-order valence-electron chi connectivity index (χ2n) is 11.6. The van der Waals surface area contributed by atoms with Crippen molar-refractivity contribution >= 4 is 11.7 Å². The first kappa shape index (κ1) is 31.9. The summed E-state index contributed by atoms with van der Waals surface area (Å²) in [6, 6.07) is 10.3. The molecule has 232 valence electrons. The van der Waals surface area contributed by atoms with E-state index in [1.807, 2.05) is 24.3 Å². The molecule has 0 spiro atoms. The number of carboxylic acids is 1. The van der Waals surface area contributed by atoms with Gasteiger partial charge in [0.15, 0.2) is 11.5 Å². The highest BCUT2D eigenvalue weighted by atomic mass is 16.4. The van der Waals surface area contributed by atoms with Crippen molar-refractivity contribution in [2.24, 2.45) is 5.73 Å². The number of fused-ring (bicyclic) bond motifs is 15. The number of aliphatic carboxylic acids is 1. The van der Waals surface area contributed by atoms with Gasteiger partial charge in [0.05, 0.1) is 17.5 Å². The molecule has 0 aliphatic carbocycles. The van der Waals surface area contributed by atoms with E-state index in [1.165, 1.54) is 6.07 Å². The summed E-state index contributed by atoms with van der Waals surface area (Å²) in [5, 5.41) is 55.9. The van der Waals surface area contributed by atoms with Gasteiger partial charge in [-0.3, -0.25) is 4.79 Å². The summed E-state index contributed by atoms with van der Waals surface area (Å²) in [6.45, 7) is 7.48. The van der Waals surface area contributed by atoms with E-state index in [0.29, 0.717) is 69.2 Å². The molecule has 0 radical (unpaired) electrons. The first-order valence-electron chi connectivity index (χ1n) is 14.6. The fourth-order valence-corrected chi connectivity index (χ4v) is 5.49. The van der Waals surface area contributed by atoms with Gasteiger partial charge >= 0.3 is 5.97 Å². The molecule has 1 unspecified atom stereocenters. The van der Waals surface area contributed by atoms with E-state index in [1.54, 1.807) is 6.07 Å². The molecule has 5 rings (SSSR count). The lowest BCUT2D eigenvalue weighted by Crippen LogP contribution is -2.66. The molecule has 3 saturated heterocycles. The smallest absolute Gasteiger partial charge is 0.307 e.